The molecule has 1 amide bonds. The molecule has 144 valence electrons. The first kappa shape index (κ1) is 20.2. The van der Waals surface area contributed by atoms with Crippen LogP contribution in [0, 0.1) is 0 Å². The zero-order valence-electron chi connectivity index (χ0n) is 14.6. The van der Waals surface area contributed by atoms with Gasteiger partial charge in [0.25, 0.3) is 5.91 Å². The Bertz CT molecular complexity index is 978. The lowest BCUT2D eigenvalue weighted by molar-refractivity contribution is 0.102. The summed E-state index contributed by atoms with van der Waals surface area (Å²) in [6.07, 6.45) is -0.641. The number of rotatable bonds is 5. The molecule has 1 heterocycles. The van der Waals surface area contributed by atoms with E-state index in [4.69, 9.17) is 23.8 Å². The van der Waals surface area contributed by atoms with Crippen LogP contribution >= 0.6 is 35.4 Å². The van der Waals surface area contributed by atoms with E-state index in [0.29, 0.717) is 27.1 Å². The minimum Gasteiger partial charge on any atom is -0.389 e. The van der Waals surface area contributed by atoms with Gasteiger partial charge >= 0.3 is 0 Å². The summed E-state index contributed by atoms with van der Waals surface area (Å²) in [5, 5.41) is 24.6. The van der Waals surface area contributed by atoms with Crippen LogP contribution in [0.5, 0.6) is 0 Å². The van der Waals surface area contributed by atoms with E-state index in [1.54, 1.807) is 54.8 Å². The smallest absolute Gasteiger partial charge is 0.277 e. The molecule has 1 aromatic heterocycles. The van der Waals surface area contributed by atoms with Crippen LogP contribution < -0.4 is 16.0 Å². The SMILES string of the molecule is CC(O)c1ccc(NC(=S)Nc2ccc(NC(=O)c3csnn3)cc2)cc1Cl. The first-order chi connectivity index (χ1) is 13.4. The topological polar surface area (TPSA) is 99.2 Å². The van der Waals surface area contributed by atoms with Gasteiger partial charge in [0.05, 0.1) is 6.10 Å². The van der Waals surface area contributed by atoms with Gasteiger partial charge in [-0.1, -0.05) is 22.2 Å². The molecule has 1 unspecified atom stereocenters. The molecule has 7 nitrogen and oxygen atoms in total. The molecule has 1 atom stereocenters. The number of aliphatic hydroxyl groups is 1. The maximum Gasteiger partial charge on any atom is 0.277 e. The van der Waals surface area contributed by atoms with Crippen LogP contribution in [0.15, 0.2) is 47.8 Å². The normalized spacial score (nSPS) is 11.5. The van der Waals surface area contributed by atoms with Gasteiger partial charge in [0.1, 0.15) is 0 Å². The summed E-state index contributed by atoms with van der Waals surface area (Å²) < 4.78 is 3.66. The van der Waals surface area contributed by atoms with Crippen molar-refractivity contribution >= 4 is 63.4 Å². The van der Waals surface area contributed by atoms with Crippen molar-refractivity contribution in [3.05, 3.63) is 64.1 Å². The van der Waals surface area contributed by atoms with Gasteiger partial charge in [0.2, 0.25) is 0 Å². The van der Waals surface area contributed by atoms with E-state index in [2.05, 4.69) is 25.5 Å². The van der Waals surface area contributed by atoms with Gasteiger partial charge in [0.15, 0.2) is 10.8 Å². The highest BCUT2D eigenvalue weighted by atomic mass is 35.5. The van der Waals surface area contributed by atoms with Crippen LogP contribution in [-0.4, -0.2) is 25.7 Å². The van der Waals surface area contributed by atoms with Gasteiger partial charge in [-0.25, -0.2) is 0 Å². The summed E-state index contributed by atoms with van der Waals surface area (Å²) in [7, 11) is 0. The fourth-order valence-electron chi connectivity index (χ4n) is 2.33. The van der Waals surface area contributed by atoms with E-state index in [-0.39, 0.29) is 11.6 Å². The molecule has 0 radical (unpaired) electrons. The zero-order chi connectivity index (χ0) is 20.1. The molecule has 28 heavy (non-hydrogen) atoms. The van der Waals surface area contributed by atoms with Crippen molar-refractivity contribution in [2.24, 2.45) is 0 Å². The Morgan fingerprint density at radius 3 is 2.29 bits per heavy atom. The highest BCUT2D eigenvalue weighted by molar-refractivity contribution is 7.80. The van der Waals surface area contributed by atoms with Crippen LogP contribution in [0.4, 0.5) is 17.1 Å². The molecule has 0 aliphatic carbocycles. The second-order valence-corrected chi connectivity index (χ2v) is 7.24. The molecule has 0 saturated carbocycles. The molecule has 0 bridgehead atoms. The van der Waals surface area contributed by atoms with Crippen LogP contribution in [0.25, 0.3) is 0 Å². The molecule has 0 aliphatic heterocycles. The summed E-state index contributed by atoms with van der Waals surface area (Å²) in [4.78, 5) is 12.0. The molecule has 3 rings (SSSR count). The predicted molar refractivity (Wildman–Crippen MR) is 116 cm³/mol. The molecule has 4 N–H and O–H groups in total. The van der Waals surface area contributed by atoms with Crippen LogP contribution in [0.3, 0.4) is 0 Å². The van der Waals surface area contributed by atoms with Crippen molar-refractivity contribution in [2.75, 3.05) is 16.0 Å². The molecule has 3 aromatic rings. The number of hydrogen-bond donors (Lipinski definition) is 4. The van der Waals surface area contributed by atoms with Gasteiger partial charge in [-0.3, -0.25) is 4.79 Å². The van der Waals surface area contributed by atoms with E-state index in [1.807, 2.05) is 0 Å². The molecular weight excluding hydrogens is 418 g/mol. The third-order valence-corrected chi connectivity index (χ3v) is 4.74. The van der Waals surface area contributed by atoms with Gasteiger partial charge < -0.3 is 21.1 Å². The number of anilines is 3. The van der Waals surface area contributed by atoms with Crippen LogP contribution in [-0.2, 0) is 0 Å². The van der Waals surface area contributed by atoms with Gasteiger partial charge in [-0.05, 0) is 72.6 Å². The number of carbonyl (C=O) groups excluding carboxylic acids is 1. The van der Waals surface area contributed by atoms with E-state index in [9.17, 15) is 9.90 Å². The van der Waals surface area contributed by atoms with Crippen molar-refractivity contribution in [1.82, 2.24) is 9.59 Å². The first-order valence-corrected chi connectivity index (χ1v) is 9.78. The Hall–Kier alpha value is -2.59. The van der Waals surface area contributed by atoms with Crippen molar-refractivity contribution < 1.29 is 9.90 Å². The minimum absolute atomic E-state index is 0.276. The number of nitrogens with zero attached hydrogens (tertiary/aromatic N) is 2. The average molecular weight is 434 g/mol. The Morgan fingerprint density at radius 1 is 1.11 bits per heavy atom. The predicted octanol–water partition coefficient (Wildman–Crippen LogP) is 4.31. The number of thiocarbonyl (C=S) groups is 1. The van der Waals surface area contributed by atoms with Gasteiger partial charge in [0, 0.05) is 27.5 Å². The van der Waals surface area contributed by atoms with Crippen molar-refractivity contribution in [1.29, 1.82) is 0 Å². The highest BCUT2D eigenvalue weighted by Gasteiger charge is 2.10. The molecule has 10 heteroatoms. The largest absolute Gasteiger partial charge is 0.389 e. The summed E-state index contributed by atoms with van der Waals surface area (Å²) in [5.74, 6) is -0.316. The molecule has 0 fully saturated rings. The fourth-order valence-corrected chi connectivity index (χ4v) is 3.34. The quantitative estimate of drug-likeness (QED) is 0.445. The van der Waals surface area contributed by atoms with Crippen molar-refractivity contribution in [3.8, 4) is 0 Å². The molecule has 0 aliphatic rings. The average Bonchev–Trinajstić information content (AvgIpc) is 3.18. The lowest BCUT2D eigenvalue weighted by Gasteiger charge is -2.13. The molecular formula is C18H16ClN5O2S2. The maximum atomic E-state index is 12.0. The number of nitrogens with one attached hydrogen (secondary N) is 3. The molecule has 0 saturated heterocycles. The number of aliphatic hydroxyl groups excluding tert-OH is 1. The Balaban J connectivity index is 1.57. The third kappa shape index (κ3) is 5.23. The second kappa shape index (κ2) is 9.07. The summed E-state index contributed by atoms with van der Waals surface area (Å²) >= 11 is 12.6. The van der Waals surface area contributed by atoms with E-state index >= 15 is 0 Å². The fraction of sp³-hybridized carbons (Fsp3) is 0.111. The van der Waals surface area contributed by atoms with Crippen molar-refractivity contribution in [3.63, 3.8) is 0 Å². The number of benzene rings is 2. The first-order valence-electron chi connectivity index (χ1n) is 8.16. The van der Waals surface area contributed by atoms with Crippen LogP contribution in [0.1, 0.15) is 29.1 Å². The van der Waals surface area contributed by atoms with Gasteiger partial charge in [-0.2, -0.15) is 0 Å². The summed E-state index contributed by atoms with van der Waals surface area (Å²) in [6.45, 7) is 1.65. The lowest BCUT2D eigenvalue weighted by Crippen LogP contribution is -2.19. The number of hydrogen-bond acceptors (Lipinski definition) is 6. The van der Waals surface area contributed by atoms with E-state index in [0.717, 1.165) is 17.2 Å². The van der Waals surface area contributed by atoms with Crippen LogP contribution in [0.2, 0.25) is 5.02 Å². The third-order valence-electron chi connectivity index (χ3n) is 3.70. The molecule has 0 spiro atoms. The molecule has 2 aromatic carbocycles. The Labute approximate surface area is 175 Å². The van der Waals surface area contributed by atoms with Gasteiger partial charge in [-0.15, -0.1) is 5.10 Å². The Kier molecular flexibility index (Phi) is 6.53. The highest BCUT2D eigenvalue weighted by Crippen LogP contribution is 2.26. The minimum atomic E-state index is -0.641. The second-order valence-electron chi connectivity index (χ2n) is 5.81. The zero-order valence-corrected chi connectivity index (χ0v) is 17.0. The van der Waals surface area contributed by atoms with E-state index < -0.39 is 6.10 Å². The number of aromatic nitrogens is 2. The maximum absolute atomic E-state index is 12.0. The van der Waals surface area contributed by atoms with E-state index in [1.165, 1.54) is 0 Å². The van der Waals surface area contributed by atoms with Crippen molar-refractivity contribution in [2.45, 2.75) is 13.0 Å². The monoisotopic (exact) mass is 433 g/mol. The standard InChI is InChI=1S/C18H16ClN5O2S2/c1-10(25)14-7-6-13(8-15(14)19)22-18(27)21-12-4-2-11(3-5-12)20-17(26)16-9-28-24-23-16/h2-10,25H,1H3,(H,20,26)(H2,21,22,27). The summed E-state index contributed by atoms with van der Waals surface area (Å²) in [6, 6.07) is 12.3. The lowest BCUT2D eigenvalue weighted by atomic mass is 10.1. The number of carbonyl (C=O) groups is 1. The Morgan fingerprint density at radius 2 is 1.71 bits per heavy atom. The number of amides is 1. The summed E-state index contributed by atoms with van der Waals surface area (Å²) in [5.41, 5.74) is 3.00. The number of halogens is 1.